The van der Waals surface area contributed by atoms with Gasteiger partial charge in [0.25, 0.3) is 6.43 Å². The first kappa shape index (κ1) is 12.4. The summed E-state index contributed by atoms with van der Waals surface area (Å²) in [4.78, 5) is 16.3. The van der Waals surface area contributed by atoms with Crippen molar-refractivity contribution < 1.29 is 13.9 Å². The van der Waals surface area contributed by atoms with Crippen LogP contribution in [0.15, 0.2) is 17.2 Å². The number of aromatic nitrogens is 4. The van der Waals surface area contributed by atoms with Crippen LogP contribution in [0.4, 0.5) is 14.6 Å². The van der Waals surface area contributed by atoms with Gasteiger partial charge in [-0.2, -0.15) is 5.10 Å². The van der Waals surface area contributed by atoms with E-state index in [4.69, 9.17) is 5.11 Å². The van der Waals surface area contributed by atoms with E-state index in [1.165, 1.54) is 17.3 Å². The van der Waals surface area contributed by atoms with Crippen LogP contribution < -0.4 is 10.6 Å². The lowest BCUT2D eigenvalue weighted by Crippen LogP contribution is -2.32. The molecule has 2 aromatic heterocycles. The highest BCUT2D eigenvalue weighted by molar-refractivity contribution is 5.50. The van der Waals surface area contributed by atoms with Crippen molar-refractivity contribution in [2.45, 2.75) is 6.43 Å². The number of fused-ring (bicyclic) bond motifs is 1. The van der Waals surface area contributed by atoms with Gasteiger partial charge < -0.3 is 10.0 Å². The summed E-state index contributed by atoms with van der Waals surface area (Å²) >= 11 is 0. The second-order valence-corrected chi connectivity index (χ2v) is 3.56. The molecule has 2 N–H and O–H groups in total. The van der Waals surface area contributed by atoms with Gasteiger partial charge in [-0.3, -0.25) is 0 Å². The van der Waals surface area contributed by atoms with Crippen molar-refractivity contribution in [3.8, 4) is 0 Å². The minimum Gasteiger partial charge on any atom is -0.395 e. The highest BCUT2D eigenvalue weighted by atomic mass is 19.3. The number of aromatic amines is 1. The zero-order chi connectivity index (χ0) is 13.1. The van der Waals surface area contributed by atoms with Crippen LogP contribution in [-0.2, 0) is 0 Å². The van der Waals surface area contributed by atoms with E-state index in [9.17, 15) is 13.6 Å². The molecule has 0 saturated carbocycles. The van der Waals surface area contributed by atoms with Gasteiger partial charge in [0.2, 0.25) is 0 Å². The third-order valence-electron chi connectivity index (χ3n) is 2.35. The second-order valence-electron chi connectivity index (χ2n) is 3.56. The lowest BCUT2D eigenvalue weighted by atomic mass is 10.4. The van der Waals surface area contributed by atoms with Crippen molar-refractivity contribution in [2.24, 2.45) is 0 Å². The van der Waals surface area contributed by atoms with Crippen LogP contribution in [0.5, 0.6) is 0 Å². The molecule has 7 nitrogen and oxygen atoms in total. The number of hydrogen-bond donors (Lipinski definition) is 2. The number of hydrogen-bond acceptors (Lipinski definition) is 5. The maximum atomic E-state index is 12.4. The molecule has 0 aliphatic rings. The molecule has 2 heterocycles. The number of anilines is 1. The molecule has 2 rings (SSSR count). The van der Waals surface area contributed by atoms with E-state index in [-0.39, 0.29) is 24.6 Å². The Labute approximate surface area is 99.7 Å². The summed E-state index contributed by atoms with van der Waals surface area (Å²) < 4.78 is 25.9. The predicted octanol–water partition coefficient (Wildman–Crippen LogP) is -0.519. The largest absolute Gasteiger partial charge is 0.395 e. The Hall–Kier alpha value is -2.03. The molecule has 98 valence electrons. The molecule has 9 heteroatoms. The summed E-state index contributed by atoms with van der Waals surface area (Å²) in [7, 11) is 0. The van der Waals surface area contributed by atoms with Gasteiger partial charge >= 0.3 is 5.69 Å². The van der Waals surface area contributed by atoms with E-state index in [1.807, 2.05) is 0 Å². The van der Waals surface area contributed by atoms with E-state index in [0.717, 1.165) is 4.40 Å². The van der Waals surface area contributed by atoms with E-state index in [2.05, 4.69) is 15.2 Å². The molecule has 0 saturated heterocycles. The molecule has 0 aromatic carbocycles. The predicted molar refractivity (Wildman–Crippen MR) is 58.9 cm³/mol. The van der Waals surface area contributed by atoms with Crippen molar-refractivity contribution >= 4 is 11.5 Å². The zero-order valence-electron chi connectivity index (χ0n) is 9.25. The van der Waals surface area contributed by atoms with Crippen LogP contribution >= 0.6 is 0 Å². The van der Waals surface area contributed by atoms with Gasteiger partial charge in [-0.05, 0) is 0 Å². The second kappa shape index (κ2) is 5.08. The molecule has 0 unspecified atom stereocenters. The number of aliphatic hydroxyl groups is 1. The maximum absolute atomic E-state index is 12.4. The Morgan fingerprint density at radius 1 is 1.56 bits per heavy atom. The number of alkyl halides is 2. The van der Waals surface area contributed by atoms with Gasteiger partial charge in [0.05, 0.1) is 13.2 Å². The number of halogens is 2. The molecule has 0 atom stereocenters. The molecule has 0 spiro atoms. The Kier molecular flexibility index (Phi) is 3.51. The van der Waals surface area contributed by atoms with Crippen molar-refractivity contribution in [1.29, 1.82) is 0 Å². The molecule has 0 radical (unpaired) electrons. The van der Waals surface area contributed by atoms with Crippen molar-refractivity contribution in [3.05, 3.63) is 22.9 Å². The van der Waals surface area contributed by atoms with Crippen LogP contribution in [0.1, 0.15) is 0 Å². The molecule has 0 aliphatic carbocycles. The first-order chi connectivity index (χ1) is 8.61. The summed E-state index contributed by atoms with van der Waals surface area (Å²) in [5, 5.41) is 14.8. The van der Waals surface area contributed by atoms with Crippen LogP contribution in [0, 0.1) is 0 Å². The standard InChI is InChI=1S/C9H11F2N5O2/c10-6(11)4-15(1-2-17)7-3-8-13-14-9(18)16(8)5-12-7/h3,5-6,17H,1-2,4H2,(H,14,18). The molecule has 0 bridgehead atoms. The Bertz CT molecular complexity index is 582. The number of nitrogens with zero attached hydrogens (tertiary/aromatic N) is 4. The summed E-state index contributed by atoms with van der Waals surface area (Å²) in [5.41, 5.74) is -0.172. The van der Waals surface area contributed by atoms with Gasteiger partial charge in [-0.25, -0.2) is 28.1 Å². The SMILES string of the molecule is O=c1[nH]nc2cc(N(CCO)CC(F)F)ncn12. The molecule has 0 fully saturated rings. The average molecular weight is 259 g/mol. The lowest BCUT2D eigenvalue weighted by molar-refractivity contribution is 0.152. The lowest BCUT2D eigenvalue weighted by Gasteiger charge is -2.21. The quantitative estimate of drug-likeness (QED) is 0.754. The van der Waals surface area contributed by atoms with Crippen LogP contribution in [0.25, 0.3) is 5.65 Å². The minimum atomic E-state index is -2.55. The fraction of sp³-hybridized carbons (Fsp3) is 0.444. The summed E-state index contributed by atoms with van der Waals surface area (Å²) in [6, 6.07) is 1.40. The summed E-state index contributed by atoms with van der Waals surface area (Å²) in [5.74, 6) is 0.232. The van der Waals surface area contributed by atoms with E-state index in [0.29, 0.717) is 0 Å². The van der Waals surface area contributed by atoms with Gasteiger partial charge in [0.1, 0.15) is 12.1 Å². The van der Waals surface area contributed by atoms with Crippen molar-refractivity contribution in [1.82, 2.24) is 19.6 Å². The minimum absolute atomic E-state index is 0.0299. The summed E-state index contributed by atoms with van der Waals surface area (Å²) in [6.45, 7) is -0.784. The van der Waals surface area contributed by atoms with Crippen LogP contribution in [0.2, 0.25) is 0 Å². The van der Waals surface area contributed by atoms with Gasteiger partial charge in [-0.1, -0.05) is 0 Å². The van der Waals surface area contributed by atoms with E-state index in [1.54, 1.807) is 0 Å². The fourth-order valence-corrected chi connectivity index (χ4v) is 1.56. The van der Waals surface area contributed by atoms with Gasteiger partial charge in [0.15, 0.2) is 5.65 Å². The molecular weight excluding hydrogens is 248 g/mol. The molecule has 0 aliphatic heterocycles. The third-order valence-corrected chi connectivity index (χ3v) is 2.35. The molecule has 0 amide bonds. The van der Waals surface area contributed by atoms with E-state index < -0.39 is 18.7 Å². The van der Waals surface area contributed by atoms with Crippen LogP contribution in [0.3, 0.4) is 0 Å². The Balaban J connectivity index is 2.34. The molecular formula is C9H11F2N5O2. The normalized spacial score (nSPS) is 11.3. The third kappa shape index (κ3) is 2.45. The van der Waals surface area contributed by atoms with Crippen molar-refractivity contribution in [3.63, 3.8) is 0 Å². The molecule has 2 aromatic rings. The topological polar surface area (TPSA) is 86.5 Å². The van der Waals surface area contributed by atoms with E-state index >= 15 is 0 Å². The Morgan fingerprint density at radius 3 is 3.00 bits per heavy atom. The van der Waals surface area contributed by atoms with Crippen molar-refractivity contribution in [2.75, 3.05) is 24.6 Å². The smallest absolute Gasteiger partial charge is 0.348 e. The number of nitrogens with one attached hydrogen (secondary N) is 1. The highest BCUT2D eigenvalue weighted by Gasteiger charge is 2.14. The first-order valence-electron chi connectivity index (χ1n) is 5.18. The average Bonchev–Trinajstić information content (AvgIpc) is 2.70. The Morgan fingerprint density at radius 2 is 2.33 bits per heavy atom. The highest BCUT2D eigenvalue weighted by Crippen LogP contribution is 2.12. The first-order valence-corrected chi connectivity index (χ1v) is 5.18. The summed E-state index contributed by atoms with van der Waals surface area (Å²) in [6.07, 6.45) is -1.34. The van der Waals surface area contributed by atoms with Gasteiger partial charge in [0, 0.05) is 12.6 Å². The number of rotatable bonds is 5. The fourth-order valence-electron chi connectivity index (χ4n) is 1.56. The molecule has 18 heavy (non-hydrogen) atoms. The zero-order valence-corrected chi connectivity index (χ0v) is 9.25. The van der Waals surface area contributed by atoms with Gasteiger partial charge in [-0.15, -0.1) is 0 Å². The monoisotopic (exact) mass is 259 g/mol. The number of aliphatic hydroxyl groups excluding tert-OH is 1. The van der Waals surface area contributed by atoms with Crippen LogP contribution in [-0.4, -0.2) is 50.8 Å². The number of H-pyrrole nitrogens is 1. The maximum Gasteiger partial charge on any atom is 0.348 e.